The Balaban J connectivity index is 1.85. The second-order valence-corrected chi connectivity index (χ2v) is 5.94. The van der Waals surface area contributed by atoms with Gasteiger partial charge in [0.2, 0.25) is 5.91 Å². The van der Waals surface area contributed by atoms with Gasteiger partial charge >= 0.3 is 0 Å². The van der Waals surface area contributed by atoms with E-state index in [-0.39, 0.29) is 16.9 Å². The molecule has 0 aromatic carbocycles. The summed E-state index contributed by atoms with van der Waals surface area (Å²) >= 11 is 0. The van der Waals surface area contributed by atoms with Crippen LogP contribution in [0.5, 0.6) is 0 Å². The molecular formula is C15H24N4O2. The standard InChI is InChI=1S/C15H24N4O2/c1-3-19-8-4-6-15(2,10-19)14(21)16-7-5-12-9-13(20)18-11-17-12/h9,11H,3-8,10H2,1-2H3,(H,16,21)(H,17,18,20)/t15-/m0/s1. The molecule has 2 rings (SSSR count). The first kappa shape index (κ1) is 15.7. The van der Waals surface area contributed by atoms with Gasteiger partial charge in [-0.1, -0.05) is 6.92 Å². The Labute approximate surface area is 125 Å². The van der Waals surface area contributed by atoms with E-state index in [1.807, 2.05) is 6.92 Å². The summed E-state index contributed by atoms with van der Waals surface area (Å²) in [7, 11) is 0. The zero-order valence-corrected chi connectivity index (χ0v) is 12.8. The van der Waals surface area contributed by atoms with Crippen LogP contribution in [0.4, 0.5) is 0 Å². The lowest BCUT2D eigenvalue weighted by Crippen LogP contribution is -2.50. The first-order chi connectivity index (χ1) is 10.0. The summed E-state index contributed by atoms with van der Waals surface area (Å²) in [5.74, 6) is 0.102. The van der Waals surface area contributed by atoms with Gasteiger partial charge < -0.3 is 15.2 Å². The van der Waals surface area contributed by atoms with Crippen molar-refractivity contribution in [1.29, 1.82) is 0 Å². The molecule has 0 radical (unpaired) electrons. The van der Waals surface area contributed by atoms with E-state index in [2.05, 4.69) is 27.1 Å². The summed E-state index contributed by atoms with van der Waals surface area (Å²) in [5, 5.41) is 2.99. The molecule has 1 aromatic heterocycles. The van der Waals surface area contributed by atoms with Gasteiger partial charge in [0.25, 0.3) is 5.56 Å². The molecule has 1 aliphatic heterocycles. The Hall–Kier alpha value is -1.69. The number of aromatic amines is 1. The number of carbonyl (C=O) groups is 1. The molecule has 21 heavy (non-hydrogen) atoms. The van der Waals surface area contributed by atoms with Crippen molar-refractivity contribution in [2.75, 3.05) is 26.2 Å². The lowest BCUT2D eigenvalue weighted by Gasteiger charge is -2.38. The van der Waals surface area contributed by atoms with Crippen LogP contribution in [0.3, 0.4) is 0 Å². The number of nitrogens with zero attached hydrogens (tertiary/aromatic N) is 2. The maximum Gasteiger partial charge on any atom is 0.250 e. The van der Waals surface area contributed by atoms with Gasteiger partial charge in [-0.15, -0.1) is 0 Å². The third kappa shape index (κ3) is 4.14. The normalized spacial score (nSPS) is 23.0. The average Bonchev–Trinajstić information content (AvgIpc) is 2.47. The van der Waals surface area contributed by atoms with E-state index in [0.29, 0.717) is 18.7 Å². The maximum atomic E-state index is 12.4. The third-order valence-corrected chi connectivity index (χ3v) is 4.17. The number of hydrogen-bond donors (Lipinski definition) is 2. The minimum Gasteiger partial charge on any atom is -0.355 e. The first-order valence-corrected chi connectivity index (χ1v) is 7.58. The molecule has 0 unspecified atom stereocenters. The molecule has 1 aliphatic rings. The molecule has 2 heterocycles. The summed E-state index contributed by atoms with van der Waals surface area (Å²) in [6, 6.07) is 1.47. The molecule has 0 bridgehead atoms. The van der Waals surface area contributed by atoms with Crippen LogP contribution in [0.1, 0.15) is 32.4 Å². The van der Waals surface area contributed by atoms with Crippen LogP contribution < -0.4 is 10.9 Å². The highest BCUT2D eigenvalue weighted by Gasteiger charge is 2.36. The molecule has 1 amide bonds. The van der Waals surface area contributed by atoms with Gasteiger partial charge in [0.15, 0.2) is 0 Å². The fourth-order valence-electron chi connectivity index (χ4n) is 2.86. The van der Waals surface area contributed by atoms with E-state index >= 15 is 0 Å². The van der Waals surface area contributed by atoms with E-state index < -0.39 is 0 Å². The van der Waals surface area contributed by atoms with Crippen molar-refractivity contribution in [3.8, 4) is 0 Å². The highest BCUT2D eigenvalue weighted by Crippen LogP contribution is 2.29. The first-order valence-electron chi connectivity index (χ1n) is 7.58. The fourth-order valence-corrected chi connectivity index (χ4v) is 2.86. The van der Waals surface area contributed by atoms with E-state index in [9.17, 15) is 9.59 Å². The molecule has 0 aliphatic carbocycles. The van der Waals surface area contributed by atoms with Gasteiger partial charge in [0, 0.05) is 31.3 Å². The Bertz CT molecular complexity index is 542. The molecule has 116 valence electrons. The van der Waals surface area contributed by atoms with E-state index in [4.69, 9.17) is 0 Å². The predicted octanol–water partition coefficient (Wildman–Crippen LogP) is 0.551. The number of aromatic nitrogens is 2. The van der Waals surface area contributed by atoms with Gasteiger partial charge in [0.1, 0.15) is 0 Å². The molecule has 0 saturated carbocycles. The van der Waals surface area contributed by atoms with Crippen LogP contribution in [0, 0.1) is 5.41 Å². The number of carbonyl (C=O) groups excluding carboxylic acids is 1. The largest absolute Gasteiger partial charge is 0.355 e. The topological polar surface area (TPSA) is 78.1 Å². The van der Waals surface area contributed by atoms with Crippen molar-refractivity contribution in [3.63, 3.8) is 0 Å². The number of rotatable bonds is 5. The Morgan fingerprint density at radius 1 is 1.57 bits per heavy atom. The van der Waals surface area contributed by atoms with E-state index in [1.54, 1.807) is 0 Å². The van der Waals surface area contributed by atoms with Crippen molar-refractivity contribution < 1.29 is 4.79 Å². The molecule has 6 heteroatoms. The third-order valence-electron chi connectivity index (χ3n) is 4.17. The zero-order chi connectivity index (χ0) is 15.3. The van der Waals surface area contributed by atoms with Crippen molar-refractivity contribution in [1.82, 2.24) is 20.2 Å². The second kappa shape index (κ2) is 6.85. The minimum atomic E-state index is -0.310. The van der Waals surface area contributed by atoms with Crippen LogP contribution in [-0.2, 0) is 11.2 Å². The fraction of sp³-hybridized carbons (Fsp3) is 0.667. The van der Waals surface area contributed by atoms with Gasteiger partial charge in [-0.2, -0.15) is 0 Å². The number of piperidine rings is 1. The van der Waals surface area contributed by atoms with Crippen LogP contribution >= 0.6 is 0 Å². The van der Waals surface area contributed by atoms with Crippen molar-refractivity contribution >= 4 is 5.91 Å². The van der Waals surface area contributed by atoms with Crippen LogP contribution in [0.2, 0.25) is 0 Å². The molecule has 1 fully saturated rings. The van der Waals surface area contributed by atoms with Gasteiger partial charge in [-0.3, -0.25) is 9.59 Å². The highest BCUT2D eigenvalue weighted by molar-refractivity contribution is 5.82. The van der Waals surface area contributed by atoms with Crippen molar-refractivity contribution in [3.05, 3.63) is 28.4 Å². The van der Waals surface area contributed by atoms with Gasteiger partial charge in [-0.05, 0) is 32.9 Å². The summed E-state index contributed by atoms with van der Waals surface area (Å²) in [4.78, 5) is 32.5. The lowest BCUT2D eigenvalue weighted by atomic mass is 9.81. The summed E-state index contributed by atoms with van der Waals surface area (Å²) in [6.45, 7) is 7.56. The van der Waals surface area contributed by atoms with E-state index in [1.165, 1.54) is 12.4 Å². The molecule has 1 aromatic rings. The number of nitrogens with one attached hydrogen (secondary N) is 2. The van der Waals surface area contributed by atoms with Gasteiger partial charge in [-0.25, -0.2) is 4.98 Å². The Kier molecular flexibility index (Phi) is 5.12. The quantitative estimate of drug-likeness (QED) is 0.831. The van der Waals surface area contributed by atoms with Crippen LogP contribution in [0.15, 0.2) is 17.2 Å². The molecule has 6 nitrogen and oxygen atoms in total. The second-order valence-electron chi connectivity index (χ2n) is 5.94. The molecule has 1 saturated heterocycles. The predicted molar refractivity (Wildman–Crippen MR) is 81.0 cm³/mol. The SMILES string of the molecule is CCN1CCC[C@](C)(C(=O)NCCc2cc(=O)[nH]cn2)C1. The van der Waals surface area contributed by atoms with E-state index in [0.717, 1.165) is 32.5 Å². The van der Waals surface area contributed by atoms with Crippen molar-refractivity contribution in [2.45, 2.75) is 33.1 Å². The number of likely N-dealkylation sites (tertiary alicyclic amines) is 1. The van der Waals surface area contributed by atoms with Crippen LogP contribution in [0.25, 0.3) is 0 Å². The molecule has 2 N–H and O–H groups in total. The van der Waals surface area contributed by atoms with Crippen molar-refractivity contribution in [2.24, 2.45) is 5.41 Å². The minimum absolute atomic E-state index is 0.102. The summed E-state index contributed by atoms with van der Waals surface area (Å²) in [5.41, 5.74) is 0.225. The summed E-state index contributed by atoms with van der Waals surface area (Å²) in [6.07, 6.45) is 3.95. The number of H-pyrrole nitrogens is 1. The summed E-state index contributed by atoms with van der Waals surface area (Å²) < 4.78 is 0. The molecule has 0 spiro atoms. The Morgan fingerprint density at radius 3 is 3.10 bits per heavy atom. The number of hydrogen-bond acceptors (Lipinski definition) is 4. The number of amides is 1. The smallest absolute Gasteiger partial charge is 0.250 e. The monoisotopic (exact) mass is 292 g/mol. The maximum absolute atomic E-state index is 12.4. The zero-order valence-electron chi connectivity index (χ0n) is 12.8. The Morgan fingerprint density at radius 2 is 2.38 bits per heavy atom. The molecule has 1 atom stereocenters. The molecular weight excluding hydrogens is 268 g/mol. The average molecular weight is 292 g/mol. The lowest BCUT2D eigenvalue weighted by molar-refractivity contribution is -0.133. The highest BCUT2D eigenvalue weighted by atomic mass is 16.2. The van der Waals surface area contributed by atoms with Crippen LogP contribution in [-0.4, -0.2) is 47.0 Å². The van der Waals surface area contributed by atoms with Gasteiger partial charge in [0.05, 0.1) is 11.7 Å².